The molecule has 0 radical (unpaired) electrons. The molecule has 1 saturated heterocycles. The first-order valence-corrected chi connectivity index (χ1v) is 8.31. The fourth-order valence-electron chi connectivity index (χ4n) is 2.71. The molecule has 116 valence electrons. The lowest BCUT2D eigenvalue weighted by atomic mass is 10.0. The van der Waals surface area contributed by atoms with Gasteiger partial charge in [-0.3, -0.25) is 9.69 Å². The molecule has 0 atom stereocenters. The highest BCUT2D eigenvalue weighted by atomic mass is 32.1. The summed E-state index contributed by atoms with van der Waals surface area (Å²) in [5.41, 5.74) is 6.61. The van der Waals surface area contributed by atoms with Crippen LogP contribution in [-0.2, 0) is 6.54 Å². The summed E-state index contributed by atoms with van der Waals surface area (Å²) in [5.74, 6) is -0.414. The van der Waals surface area contributed by atoms with E-state index in [0.717, 1.165) is 37.6 Å². The molecule has 2 heterocycles. The molecule has 0 spiro atoms. The van der Waals surface area contributed by atoms with Crippen LogP contribution in [0.3, 0.4) is 0 Å². The van der Waals surface area contributed by atoms with E-state index in [1.54, 1.807) is 6.20 Å². The standard InChI is InChI=1S/C16H20N4OS/c17-15(21)14-10-18-16(22-14)19-13-6-8-20(9-7-13)11-12-4-2-1-3-5-12/h1-5,10,13H,6-9,11H2,(H2,17,21)(H,18,19). The summed E-state index contributed by atoms with van der Waals surface area (Å²) < 4.78 is 0. The van der Waals surface area contributed by atoms with Crippen LogP contribution in [0.5, 0.6) is 0 Å². The maximum absolute atomic E-state index is 11.1. The molecule has 3 rings (SSSR count). The third-order valence-corrected chi connectivity index (χ3v) is 4.86. The van der Waals surface area contributed by atoms with Gasteiger partial charge in [0.05, 0.1) is 6.20 Å². The molecule has 1 amide bonds. The van der Waals surface area contributed by atoms with Crippen molar-refractivity contribution in [1.82, 2.24) is 9.88 Å². The number of carbonyl (C=O) groups excluding carboxylic acids is 1. The van der Waals surface area contributed by atoms with Crippen molar-refractivity contribution in [2.75, 3.05) is 18.4 Å². The number of primary amides is 1. The van der Waals surface area contributed by atoms with Crippen molar-refractivity contribution in [1.29, 1.82) is 0 Å². The highest BCUT2D eigenvalue weighted by molar-refractivity contribution is 7.17. The number of rotatable bonds is 5. The zero-order valence-corrected chi connectivity index (χ0v) is 13.2. The van der Waals surface area contributed by atoms with Gasteiger partial charge in [-0.1, -0.05) is 41.7 Å². The molecule has 5 nitrogen and oxygen atoms in total. The number of nitrogens with zero attached hydrogens (tertiary/aromatic N) is 2. The lowest BCUT2D eigenvalue weighted by Crippen LogP contribution is -2.38. The van der Waals surface area contributed by atoms with Crippen LogP contribution in [0.4, 0.5) is 5.13 Å². The number of nitrogens with two attached hydrogens (primary N) is 1. The highest BCUT2D eigenvalue weighted by Gasteiger charge is 2.20. The molecule has 1 aromatic carbocycles. The molecule has 6 heteroatoms. The van der Waals surface area contributed by atoms with Gasteiger partial charge >= 0.3 is 0 Å². The van der Waals surface area contributed by atoms with E-state index in [4.69, 9.17) is 5.73 Å². The number of benzene rings is 1. The second kappa shape index (κ2) is 6.89. The van der Waals surface area contributed by atoms with Crippen LogP contribution in [0.15, 0.2) is 36.5 Å². The van der Waals surface area contributed by atoms with Crippen molar-refractivity contribution in [3.63, 3.8) is 0 Å². The Morgan fingerprint density at radius 3 is 2.68 bits per heavy atom. The van der Waals surface area contributed by atoms with Gasteiger partial charge in [0.15, 0.2) is 5.13 Å². The zero-order valence-electron chi connectivity index (χ0n) is 12.4. The molecule has 22 heavy (non-hydrogen) atoms. The van der Waals surface area contributed by atoms with E-state index in [1.165, 1.54) is 16.9 Å². The topological polar surface area (TPSA) is 71.2 Å². The molecule has 0 aliphatic carbocycles. The van der Waals surface area contributed by atoms with Gasteiger partial charge in [0.1, 0.15) is 4.88 Å². The first-order chi connectivity index (χ1) is 10.7. The molecule has 3 N–H and O–H groups in total. The summed E-state index contributed by atoms with van der Waals surface area (Å²) in [7, 11) is 0. The Morgan fingerprint density at radius 2 is 2.05 bits per heavy atom. The maximum Gasteiger partial charge on any atom is 0.260 e. The number of hydrogen-bond donors (Lipinski definition) is 2. The summed E-state index contributed by atoms with van der Waals surface area (Å²) in [6, 6.07) is 11.0. The second-order valence-electron chi connectivity index (χ2n) is 5.57. The molecule has 1 fully saturated rings. The van der Waals surface area contributed by atoms with E-state index in [0.29, 0.717) is 10.9 Å². The Bertz CT molecular complexity index is 620. The van der Waals surface area contributed by atoms with Gasteiger partial charge in [-0.25, -0.2) is 4.98 Å². The summed E-state index contributed by atoms with van der Waals surface area (Å²) in [4.78, 5) is 18.3. The minimum absolute atomic E-state index is 0.414. The molecule has 1 aliphatic heterocycles. The number of hydrogen-bond acceptors (Lipinski definition) is 5. The van der Waals surface area contributed by atoms with Crippen LogP contribution in [0.2, 0.25) is 0 Å². The van der Waals surface area contributed by atoms with Crippen molar-refractivity contribution in [2.45, 2.75) is 25.4 Å². The van der Waals surface area contributed by atoms with Crippen molar-refractivity contribution >= 4 is 22.4 Å². The molecule has 2 aromatic rings. The molecular weight excluding hydrogens is 296 g/mol. The number of thiazole rings is 1. The van der Waals surface area contributed by atoms with Crippen molar-refractivity contribution in [3.05, 3.63) is 47.0 Å². The Labute approximate surface area is 134 Å². The maximum atomic E-state index is 11.1. The summed E-state index contributed by atoms with van der Waals surface area (Å²) in [6.07, 6.45) is 3.70. The summed E-state index contributed by atoms with van der Waals surface area (Å²) in [5, 5.41) is 4.20. The van der Waals surface area contributed by atoms with Crippen LogP contribution in [0.25, 0.3) is 0 Å². The quantitative estimate of drug-likeness (QED) is 0.888. The van der Waals surface area contributed by atoms with Crippen LogP contribution in [0.1, 0.15) is 28.1 Å². The average Bonchev–Trinajstić information content (AvgIpc) is 2.99. The van der Waals surface area contributed by atoms with Gasteiger partial charge < -0.3 is 11.1 Å². The number of anilines is 1. The lowest BCUT2D eigenvalue weighted by Gasteiger charge is -2.32. The monoisotopic (exact) mass is 316 g/mol. The van der Waals surface area contributed by atoms with Crippen molar-refractivity contribution in [2.24, 2.45) is 5.73 Å². The molecule has 0 bridgehead atoms. The van der Waals surface area contributed by atoms with E-state index in [9.17, 15) is 4.79 Å². The Hall–Kier alpha value is -1.92. The average molecular weight is 316 g/mol. The van der Waals surface area contributed by atoms with E-state index in [1.807, 2.05) is 6.07 Å². The second-order valence-corrected chi connectivity index (χ2v) is 6.60. The molecule has 0 unspecified atom stereocenters. The predicted molar refractivity (Wildman–Crippen MR) is 89.0 cm³/mol. The number of likely N-dealkylation sites (tertiary alicyclic amines) is 1. The Kier molecular flexibility index (Phi) is 4.70. The predicted octanol–water partition coefficient (Wildman–Crippen LogP) is 2.32. The largest absolute Gasteiger partial charge is 0.365 e. The van der Waals surface area contributed by atoms with E-state index < -0.39 is 5.91 Å². The third-order valence-electron chi connectivity index (χ3n) is 3.91. The molecule has 0 saturated carbocycles. The fourth-order valence-corrected chi connectivity index (χ4v) is 3.45. The number of piperidine rings is 1. The van der Waals surface area contributed by atoms with Crippen molar-refractivity contribution in [3.8, 4) is 0 Å². The minimum Gasteiger partial charge on any atom is -0.365 e. The van der Waals surface area contributed by atoms with Crippen LogP contribution in [0, 0.1) is 0 Å². The first kappa shape index (κ1) is 15.0. The number of carbonyl (C=O) groups is 1. The summed E-state index contributed by atoms with van der Waals surface area (Å²) in [6.45, 7) is 3.15. The van der Waals surface area contributed by atoms with E-state index in [-0.39, 0.29) is 0 Å². The van der Waals surface area contributed by atoms with E-state index >= 15 is 0 Å². The number of amides is 1. The third kappa shape index (κ3) is 3.84. The lowest BCUT2D eigenvalue weighted by molar-refractivity contribution is 0.100. The molecule has 1 aromatic heterocycles. The number of nitrogens with one attached hydrogen (secondary N) is 1. The fraction of sp³-hybridized carbons (Fsp3) is 0.375. The summed E-state index contributed by atoms with van der Waals surface area (Å²) >= 11 is 1.33. The smallest absolute Gasteiger partial charge is 0.260 e. The SMILES string of the molecule is NC(=O)c1cnc(NC2CCN(Cc3ccccc3)CC2)s1. The molecular formula is C16H20N4OS. The Morgan fingerprint density at radius 1 is 1.32 bits per heavy atom. The van der Waals surface area contributed by atoms with E-state index in [2.05, 4.69) is 39.5 Å². The van der Waals surface area contributed by atoms with Gasteiger partial charge in [-0.2, -0.15) is 0 Å². The highest BCUT2D eigenvalue weighted by Crippen LogP contribution is 2.22. The van der Waals surface area contributed by atoms with Crippen LogP contribution in [-0.4, -0.2) is 34.9 Å². The zero-order chi connectivity index (χ0) is 15.4. The normalized spacial score (nSPS) is 16.5. The van der Waals surface area contributed by atoms with Gasteiger partial charge in [0, 0.05) is 25.7 Å². The van der Waals surface area contributed by atoms with Gasteiger partial charge in [0.2, 0.25) is 0 Å². The van der Waals surface area contributed by atoms with Crippen molar-refractivity contribution < 1.29 is 4.79 Å². The number of aromatic nitrogens is 1. The van der Waals surface area contributed by atoms with Gasteiger partial charge in [0.25, 0.3) is 5.91 Å². The van der Waals surface area contributed by atoms with Gasteiger partial charge in [-0.05, 0) is 18.4 Å². The molecule has 1 aliphatic rings. The van der Waals surface area contributed by atoms with Crippen LogP contribution >= 0.6 is 11.3 Å². The first-order valence-electron chi connectivity index (χ1n) is 7.49. The van der Waals surface area contributed by atoms with Gasteiger partial charge in [-0.15, -0.1) is 0 Å². The minimum atomic E-state index is -0.414. The van der Waals surface area contributed by atoms with Crippen LogP contribution < -0.4 is 11.1 Å². The Balaban J connectivity index is 1.48.